The van der Waals surface area contributed by atoms with Crippen LogP contribution in [0.4, 0.5) is 0 Å². The summed E-state index contributed by atoms with van der Waals surface area (Å²) < 4.78 is 0. The van der Waals surface area contributed by atoms with Crippen LogP contribution in [0.3, 0.4) is 0 Å². The summed E-state index contributed by atoms with van der Waals surface area (Å²) in [6, 6.07) is 0.795. The zero-order chi connectivity index (χ0) is 7.49. The first-order chi connectivity index (χ1) is 3.95. The van der Waals surface area contributed by atoms with Gasteiger partial charge in [0.15, 0.2) is 0 Å². The van der Waals surface area contributed by atoms with Crippen LogP contribution in [0, 0.1) is 0 Å². The van der Waals surface area contributed by atoms with E-state index in [0.717, 1.165) is 6.04 Å². The number of aliphatic hydroxyl groups is 2. The Morgan fingerprint density at radius 2 is 1.78 bits per heavy atom. The fourth-order valence-corrected chi connectivity index (χ4v) is 2.31. The molecule has 0 aliphatic carbocycles. The van der Waals surface area contributed by atoms with E-state index in [-0.39, 0.29) is 6.61 Å². The highest BCUT2D eigenvalue weighted by Gasteiger charge is 2.17. The van der Waals surface area contributed by atoms with E-state index in [4.69, 9.17) is 10.2 Å². The van der Waals surface area contributed by atoms with Crippen molar-refractivity contribution in [2.24, 2.45) is 0 Å². The SMILES string of the molecule is C[Si](C)(C)C[C@@H](O)CO. The Bertz CT molecular complexity index is 77.6. The number of aliphatic hydroxyl groups excluding tert-OH is 2. The Hall–Kier alpha value is 0.137. The first kappa shape index (κ1) is 9.14. The quantitative estimate of drug-likeness (QED) is 0.578. The summed E-state index contributed by atoms with van der Waals surface area (Å²) in [4.78, 5) is 0. The van der Waals surface area contributed by atoms with Gasteiger partial charge < -0.3 is 10.2 Å². The zero-order valence-corrected chi connectivity index (χ0v) is 7.39. The molecule has 0 aromatic rings. The van der Waals surface area contributed by atoms with Crippen molar-refractivity contribution in [3.05, 3.63) is 0 Å². The molecule has 0 spiro atoms. The highest BCUT2D eigenvalue weighted by atomic mass is 28.3. The second kappa shape index (κ2) is 3.34. The molecule has 0 radical (unpaired) electrons. The lowest BCUT2D eigenvalue weighted by Gasteiger charge is -2.18. The van der Waals surface area contributed by atoms with Gasteiger partial charge in [0.25, 0.3) is 0 Å². The number of rotatable bonds is 3. The summed E-state index contributed by atoms with van der Waals surface area (Å²) in [5.74, 6) is 0. The van der Waals surface area contributed by atoms with Gasteiger partial charge in [0.2, 0.25) is 0 Å². The monoisotopic (exact) mass is 148 g/mol. The molecule has 0 aromatic carbocycles. The predicted molar refractivity (Wildman–Crippen MR) is 41.2 cm³/mol. The molecule has 0 aromatic heterocycles. The first-order valence-corrected chi connectivity index (χ1v) is 6.95. The van der Waals surface area contributed by atoms with Crippen LogP contribution in [0.2, 0.25) is 25.7 Å². The standard InChI is InChI=1S/C6H16O2Si/c1-9(2,3)5-6(8)4-7/h6-8H,4-5H2,1-3H3/t6-/m0/s1. The molecule has 0 aliphatic heterocycles. The van der Waals surface area contributed by atoms with Crippen molar-refractivity contribution in [1.29, 1.82) is 0 Å². The topological polar surface area (TPSA) is 40.5 Å². The van der Waals surface area contributed by atoms with Crippen molar-refractivity contribution in [3.8, 4) is 0 Å². The van der Waals surface area contributed by atoms with Crippen LogP contribution in [0.15, 0.2) is 0 Å². The molecule has 2 nitrogen and oxygen atoms in total. The molecule has 0 saturated heterocycles. The minimum Gasteiger partial charge on any atom is -0.394 e. The van der Waals surface area contributed by atoms with Gasteiger partial charge in [-0.05, 0) is 6.04 Å². The minimum atomic E-state index is -1.15. The van der Waals surface area contributed by atoms with Crippen LogP contribution in [0.25, 0.3) is 0 Å². The maximum Gasteiger partial charge on any atom is 0.0747 e. The minimum absolute atomic E-state index is 0.0930. The third kappa shape index (κ3) is 6.02. The lowest BCUT2D eigenvalue weighted by atomic mass is 10.4. The molecular weight excluding hydrogens is 132 g/mol. The zero-order valence-electron chi connectivity index (χ0n) is 6.39. The van der Waals surface area contributed by atoms with Crippen LogP contribution in [0.1, 0.15) is 0 Å². The molecule has 0 amide bonds. The van der Waals surface area contributed by atoms with Gasteiger partial charge in [-0.25, -0.2) is 0 Å². The van der Waals surface area contributed by atoms with E-state index >= 15 is 0 Å². The molecule has 0 fully saturated rings. The Kier molecular flexibility index (Phi) is 3.39. The van der Waals surface area contributed by atoms with Gasteiger partial charge in [-0.3, -0.25) is 0 Å². The number of hydrogen-bond acceptors (Lipinski definition) is 2. The van der Waals surface area contributed by atoms with Crippen LogP contribution < -0.4 is 0 Å². The Labute approximate surface area is 57.5 Å². The molecule has 0 rings (SSSR count). The molecule has 56 valence electrons. The van der Waals surface area contributed by atoms with E-state index in [9.17, 15) is 0 Å². The lowest BCUT2D eigenvalue weighted by Crippen LogP contribution is -2.28. The summed E-state index contributed by atoms with van der Waals surface area (Å²) >= 11 is 0. The van der Waals surface area contributed by atoms with Crippen LogP contribution in [-0.4, -0.2) is 31.0 Å². The summed E-state index contributed by atoms with van der Waals surface area (Å²) in [5, 5.41) is 17.4. The largest absolute Gasteiger partial charge is 0.394 e. The van der Waals surface area contributed by atoms with Crippen molar-refractivity contribution >= 4 is 8.07 Å². The maximum atomic E-state index is 8.98. The maximum absolute atomic E-state index is 8.98. The van der Waals surface area contributed by atoms with Gasteiger partial charge in [-0.15, -0.1) is 0 Å². The number of hydrogen-bond donors (Lipinski definition) is 2. The molecule has 0 aliphatic rings. The third-order valence-corrected chi connectivity index (χ3v) is 2.75. The van der Waals surface area contributed by atoms with Crippen molar-refractivity contribution < 1.29 is 10.2 Å². The molecule has 3 heteroatoms. The van der Waals surface area contributed by atoms with Crippen molar-refractivity contribution in [3.63, 3.8) is 0 Å². The molecule has 0 heterocycles. The lowest BCUT2D eigenvalue weighted by molar-refractivity contribution is 0.109. The summed E-state index contributed by atoms with van der Waals surface area (Å²) in [6.07, 6.45) is -0.489. The van der Waals surface area contributed by atoms with E-state index in [0.29, 0.717) is 0 Å². The fourth-order valence-electron chi connectivity index (χ4n) is 0.771. The van der Waals surface area contributed by atoms with Gasteiger partial charge in [-0.1, -0.05) is 19.6 Å². The highest BCUT2D eigenvalue weighted by Crippen LogP contribution is 2.10. The summed E-state index contributed by atoms with van der Waals surface area (Å²) in [7, 11) is -1.15. The van der Waals surface area contributed by atoms with Gasteiger partial charge in [0.1, 0.15) is 0 Å². The highest BCUT2D eigenvalue weighted by molar-refractivity contribution is 6.76. The molecule has 9 heavy (non-hydrogen) atoms. The Balaban J connectivity index is 3.47. The summed E-state index contributed by atoms with van der Waals surface area (Å²) in [5.41, 5.74) is 0. The van der Waals surface area contributed by atoms with E-state index in [1.54, 1.807) is 0 Å². The van der Waals surface area contributed by atoms with Crippen LogP contribution in [0.5, 0.6) is 0 Å². The fraction of sp³-hybridized carbons (Fsp3) is 1.00. The molecule has 0 saturated carbocycles. The molecule has 0 unspecified atom stereocenters. The van der Waals surface area contributed by atoms with Gasteiger partial charge in [0.05, 0.1) is 12.7 Å². The Morgan fingerprint density at radius 1 is 1.33 bits per heavy atom. The van der Waals surface area contributed by atoms with Crippen LogP contribution >= 0.6 is 0 Å². The normalized spacial score (nSPS) is 15.7. The van der Waals surface area contributed by atoms with Crippen molar-refractivity contribution in [2.75, 3.05) is 6.61 Å². The first-order valence-electron chi connectivity index (χ1n) is 3.24. The second-order valence-electron chi connectivity index (χ2n) is 3.60. The van der Waals surface area contributed by atoms with Gasteiger partial charge in [-0.2, -0.15) is 0 Å². The Morgan fingerprint density at radius 3 is 1.89 bits per heavy atom. The van der Waals surface area contributed by atoms with E-state index in [1.165, 1.54) is 0 Å². The van der Waals surface area contributed by atoms with Crippen molar-refractivity contribution in [1.82, 2.24) is 0 Å². The average Bonchev–Trinajstić information content (AvgIpc) is 1.62. The average molecular weight is 148 g/mol. The van der Waals surface area contributed by atoms with E-state index in [2.05, 4.69) is 19.6 Å². The molecule has 1 atom stereocenters. The van der Waals surface area contributed by atoms with Crippen LogP contribution in [-0.2, 0) is 0 Å². The predicted octanol–water partition coefficient (Wildman–Crippen LogP) is 0.678. The third-order valence-electron chi connectivity index (χ3n) is 1.06. The second-order valence-corrected chi connectivity index (χ2v) is 9.13. The van der Waals surface area contributed by atoms with Gasteiger partial charge in [0, 0.05) is 8.07 Å². The molecule has 2 N–H and O–H groups in total. The smallest absolute Gasteiger partial charge is 0.0747 e. The molecule has 0 bridgehead atoms. The van der Waals surface area contributed by atoms with Gasteiger partial charge >= 0.3 is 0 Å². The van der Waals surface area contributed by atoms with Crippen molar-refractivity contribution in [2.45, 2.75) is 31.8 Å². The summed E-state index contributed by atoms with van der Waals surface area (Å²) in [6.45, 7) is 6.42. The molecular formula is C6H16O2Si. The van der Waals surface area contributed by atoms with E-state index < -0.39 is 14.2 Å². The van der Waals surface area contributed by atoms with E-state index in [1.807, 2.05) is 0 Å².